The van der Waals surface area contributed by atoms with Gasteiger partial charge in [0.25, 0.3) is 0 Å². The van der Waals surface area contributed by atoms with E-state index < -0.39 is 0 Å². The first-order valence-corrected chi connectivity index (χ1v) is 8.92. The second kappa shape index (κ2) is 6.83. The molecule has 1 atom stereocenters. The third-order valence-corrected chi connectivity index (χ3v) is 5.11. The van der Waals surface area contributed by atoms with E-state index >= 15 is 0 Å². The Kier molecular flexibility index (Phi) is 4.84. The molecule has 0 amide bonds. The topological polar surface area (TPSA) is 6.48 Å². The van der Waals surface area contributed by atoms with Crippen LogP contribution in [-0.2, 0) is 12.8 Å². The number of benzene rings is 1. The van der Waals surface area contributed by atoms with Crippen LogP contribution in [-0.4, -0.2) is 37.1 Å². The van der Waals surface area contributed by atoms with Gasteiger partial charge < -0.3 is 4.90 Å². The number of hydrogen-bond donors (Lipinski definition) is 0. The van der Waals surface area contributed by atoms with Crippen LogP contribution >= 0.6 is 0 Å². The van der Waals surface area contributed by atoms with Gasteiger partial charge in [0.15, 0.2) is 0 Å². The lowest BCUT2D eigenvalue weighted by molar-refractivity contribution is 0.202. The van der Waals surface area contributed by atoms with E-state index in [0.29, 0.717) is 0 Å². The molecule has 0 N–H and O–H groups in total. The summed E-state index contributed by atoms with van der Waals surface area (Å²) in [4.78, 5) is 5.28. The molecule has 0 radical (unpaired) electrons. The summed E-state index contributed by atoms with van der Waals surface area (Å²) in [5, 5.41) is 0. The van der Waals surface area contributed by atoms with Crippen LogP contribution in [0, 0.1) is 0 Å². The summed E-state index contributed by atoms with van der Waals surface area (Å²) in [6.07, 6.45) is 7.78. The van der Waals surface area contributed by atoms with E-state index in [9.17, 15) is 0 Å². The number of hydrogen-bond acceptors (Lipinski definition) is 2. The maximum atomic E-state index is 2.72. The molecule has 1 aliphatic heterocycles. The summed E-state index contributed by atoms with van der Waals surface area (Å²) in [6.45, 7) is 9.61. The van der Waals surface area contributed by atoms with E-state index in [-0.39, 0.29) is 0 Å². The minimum Gasteiger partial charge on any atom is -0.372 e. The predicted octanol–water partition coefficient (Wildman–Crippen LogP) is 3.88. The molecular weight excluding hydrogens is 256 g/mol. The van der Waals surface area contributed by atoms with Gasteiger partial charge in [-0.2, -0.15) is 0 Å². The zero-order chi connectivity index (χ0) is 14.7. The summed E-state index contributed by atoms with van der Waals surface area (Å²) >= 11 is 0. The highest BCUT2D eigenvalue weighted by molar-refractivity contribution is 5.53. The molecule has 2 heteroatoms. The smallest absolute Gasteiger partial charge is 0.0369 e. The van der Waals surface area contributed by atoms with Crippen molar-refractivity contribution in [1.82, 2.24) is 4.90 Å². The molecule has 1 fully saturated rings. The molecule has 1 aromatic rings. The van der Waals surface area contributed by atoms with Crippen molar-refractivity contribution < 1.29 is 0 Å². The van der Waals surface area contributed by atoms with E-state index in [1.165, 1.54) is 70.4 Å². The summed E-state index contributed by atoms with van der Waals surface area (Å²) in [7, 11) is 0. The molecular formula is C19H30N2. The van der Waals surface area contributed by atoms with Gasteiger partial charge in [0, 0.05) is 24.8 Å². The quantitative estimate of drug-likeness (QED) is 0.783. The number of fused-ring (bicyclic) bond motifs is 1. The van der Waals surface area contributed by atoms with E-state index in [1.807, 2.05) is 0 Å². The molecule has 1 heterocycles. The van der Waals surface area contributed by atoms with Crippen molar-refractivity contribution in [3.8, 4) is 0 Å². The minimum atomic E-state index is 0.744. The predicted molar refractivity (Wildman–Crippen MR) is 91.2 cm³/mol. The normalized spacial score (nSPS) is 21.3. The SMILES string of the molecule is CCCN(CCC)C1Cc2ccc(N3CCCC3)cc2C1. The van der Waals surface area contributed by atoms with Gasteiger partial charge in [0.05, 0.1) is 0 Å². The number of anilines is 1. The lowest BCUT2D eigenvalue weighted by Crippen LogP contribution is -2.37. The van der Waals surface area contributed by atoms with Gasteiger partial charge in [-0.05, 0) is 74.9 Å². The van der Waals surface area contributed by atoms with E-state index in [4.69, 9.17) is 0 Å². The van der Waals surface area contributed by atoms with Crippen molar-refractivity contribution in [3.05, 3.63) is 29.3 Å². The van der Waals surface area contributed by atoms with Crippen molar-refractivity contribution >= 4 is 5.69 Å². The van der Waals surface area contributed by atoms with E-state index in [0.717, 1.165) is 6.04 Å². The second-order valence-electron chi connectivity index (χ2n) is 6.75. The molecule has 0 spiro atoms. The third-order valence-electron chi connectivity index (χ3n) is 5.11. The van der Waals surface area contributed by atoms with Crippen molar-refractivity contribution in [2.24, 2.45) is 0 Å². The Morgan fingerprint density at radius 1 is 1.00 bits per heavy atom. The van der Waals surface area contributed by atoms with Gasteiger partial charge in [-0.15, -0.1) is 0 Å². The fourth-order valence-electron chi connectivity index (χ4n) is 4.06. The highest BCUT2D eigenvalue weighted by atomic mass is 15.2. The summed E-state index contributed by atoms with van der Waals surface area (Å²) in [5.74, 6) is 0. The van der Waals surface area contributed by atoms with E-state index in [1.54, 1.807) is 11.1 Å². The number of rotatable bonds is 6. The minimum absolute atomic E-state index is 0.744. The van der Waals surface area contributed by atoms with Crippen molar-refractivity contribution in [3.63, 3.8) is 0 Å². The average molecular weight is 286 g/mol. The van der Waals surface area contributed by atoms with Gasteiger partial charge in [-0.3, -0.25) is 4.90 Å². The van der Waals surface area contributed by atoms with Crippen LogP contribution in [0.4, 0.5) is 5.69 Å². The van der Waals surface area contributed by atoms with Gasteiger partial charge in [-0.25, -0.2) is 0 Å². The first-order valence-electron chi connectivity index (χ1n) is 8.92. The summed E-state index contributed by atoms with van der Waals surface area (Å²) in [6, 6.07) is 7.99. The van der Waals surface area contributed by atoms with Crippen molar-refractivity contribution in [1.29, 1.82) is 0 Å². The van der Waals surface area contributed by atoms with Crippen molar-refractivity contribution in [2.45, 2.75) is 58.4 Å². The van der Waals surface area contributed by atoms with Crippen molar-refractivity contribution in [2.75, 3.05) is 31.1 Å². The Morgan fingerprint density at radius 3 is 2.33 bits per heavy atom. The van der Waals surface area contributed by atoms with Crippen LogP contribution in [0.25, 0.3) is 0 Å². The summed E-state index contributed by atoms with van der Waals surface area (Å²) in [5.41, 5.74) is 4.67. The molecule has 0 saturated carbocycles. The number of nitrogens with zero attached hydrogens (tertiary/aromatic N) is 2. The molecule has 1 saturated heterocycles. The monoisotopic (exact) mass is 286 g/mol. The molecule has 21 heavy (non-hydrogen) atoms. The molecule has 3 rings (SSSR count). The fourth-order valence-corrected chi connectivity index (χ4v) is 4.06. The first-order chi connectivity index (χ1) is 10.3. The molecule has 1 aliphatic carbocycles. The Balaban J connectivity index is 1.71. The maximum absolute atomic E-state index is 2.72. The Hall–Kier alpha value is -1.02. The van der Waals surface area contributed by atoms with Crippen LogP contribution in [0.15, 0.2) is 18.2 Å². The van der Waals surface area contributed by atoms with Gasteiger partial charge in [0.1, 0.15) is 0 Å². The van der Waals surface area contributed by atoms with Crippen LogP contribution < -0.4 is 4.90 Å². The van der Waals surface area contributed by atoms with Crippen LogP contribution in [0.1, 0.15) is 50.7 Å². The maximum Gasteiger partial charge on any atom is 0.0369 e. The molecule has 2 nitrogen and oxygen atoms in total. The van der Waals surface area contributed by atoms with Crippen LogP contribution in [0.5, 0.6) is 0 Å². The third kappa shape index (κ3) is 3.26. The Labute approximate surface area is 130 Å². The van der Waals surface area contributed by atoms with Gasteiger partial charge >= 0.3 is 0 Å². The highest BCUT2D eigenvalue weighted by Gasteiger charge is 2.26. The first kappa shape index (κ1) is 14.9. The standard InChI is InChI=1S/C19H30N2/c1-3-9-20(10-4-2)19-13-16-7-8-18(14-17(16)15-19)21-11-5-6-12-21/h7-8,14,19H,3-6,9-13,15H2,1-2H3. The largest absolute Gasteiger partial charge is 0.372 e. The second-order valence-corrected chi connectivity index (χ2v) is 6.75. The zero-order valence-electron chi connectivity index (χ0n) is 13.8. The lowest BCUT2D eigenvalue weighted by Gasteiger charge is -2.27. The molecule has 116 valence electrons. The van der Waals surface area contributed by atoms with E-state index in [2.05, 4.69) is 41.8 Å². The zero-order valence-corrected chi connectivity index (χ0v) is 13.8. The lowest BCUT2D eigenvalue weighted by atomic mass is 10.1. The Morgan fingerprint density at radius 2 is 1.67 bits per heavy atom. The molecule has 0 bridgehead atoms. The van der Waals surface area contributed by atoms with Gasteiger partial charge in [0.2, 0.25) is 0 Å². The average Bonchev–Trinajstić information content (AvgIpc) is 3.15. The van der Waals surface area contributed by atoms with Gasteiger partial charge in [-0.1, -0.05) is 19.9 Å². The Bertz CT molecular complexity index is 457. The molecule has 2 aliphatic rings. The van der Waals surface area contributed by atoms with Crippen LogP contribution in [0.3, 0.4) is 0 Å². The molecule has 0 aromatic heterocycles. The highest BCUT2D eigenvalue weighted by Crippen LogP contribution is 2.30. The molecule has 1 unspecified atom stereocenters. The fraction of sp³-hybridized carbons (Fsp3) is 0.684. The summed E-state index contributed by atoms with van der Waals surface area (Å²) < 4.78 is 0. The van der Waals surface area contributed by atoms with Crippen LogP contribution in [0.2, 0.25) is 0 Å². The molecule has 1 aromatic carbocycles.